The number of hydrogen-bond acceptors (Lipinski definition) is 3. The van der Waals surface area contributed by atoms with Crippen LogP contribution in [-0.4, -0.2) is 30.5 Å². The van der Waals surface area contributed by atoms with E-state index < -0.39 is 5.60 Å². The van der Waals surface area contributed by atoms with Crippen LogP contribution < -0.4 is 5.32 Å². The summed E-state index contributed by atoms with van der Waals surface area (Å²) in [5.41, 5.74) is 2.68. The van der Waals surface area contributed by atoms with Crippen molar-refractivity contribution in [2.24, 2.45) is 4.99 Å². The predicted octanol–water partition coefficient (Wildman–Crippen LogP) is 4.44. The van der Waals surface area contributed by atoms with Crippen LogP contribution in [-0.2, 0) is 4.74 Å². The summed E-state index contributed by atoms with van der Waals surface area (Å²) in [7, 11) is 0. The van der Waals surface area contributed by atoms with E-state index in [0.717, 1.165) is 23.3 Å². The second-order valence-electron chi connectivity index (χ2n) is 6.74. The molecular formula is C21H26N2O2. The van der Waals surface area contributed by atoms with Crippen LogP contribution >= 0.6 is 0 Å². The smallest absolute Gasteiger partial charge is 0.407 e. The van der Waals surface area contributed by atoms with Gasteiger partial charge in [-0.15, -0.1) is 0 Å². The Labute approximate surface area is 149 Å². The molecule has 1 N–H and O–H groups in total. The minimum atomic E-state index is -0.476. The third kappa shape index (κ3) is 6.79. The Bertz CT molecular complexity index is 647. The van der Waals surface area contributed by atoms with Crippen molar-refractivity contribution < 1.29 is 9.53 Å². The Balaban J connectivity index is 1.94. The van der Waals surface area contributed by atoms with Gasteiger partial charge in [-0.25, -0.2) is 4.79 Å². The Kier molecular flexibility index (Phi) is 6.75. The lowest BCUT2D eigenvalue weighted by atomic mass is 10.0. The van der Waals surface area contributed by atoms with Gasteiger partial charge in [-0.3, -0.25) is 4.99 Å². The second-order valence-corrected chi connectivity index (χ2v) is 6.74. The molecule has 2 aromatic rings. The molecule has 0 heterocycles. The van der Waals surface area contributed by atoms with Crippen LogP contribution in [0.3, 0.4) is 0 Å². The van der Waals surface area contributed by atoms with Crippen molar-refractivity contribution in [3.05, 3.63) is 71.8 Å². The van der Waals surface area contributed by atoms with E-state index in [0.29, 0.717) is 13.1 Å². The molecule has 0 bridgehead atoms. The van der Waals surface area contributed by atoms with Crippen LogP contribution in [0.2, 0.25) is 0 Å². The molecule has 4 nitrogen and oxygen atoms in total. The average molecular weight is 339 g/mol. The molecule has 0 fully saturated rings. The van der Waals surface area contributed by atoms with Gasteiger partial charge in [-0.1, -0.05) is 60.7 Å². The topological polar surface area (TPSA) is 50.7 Å². The minimum absolute atomic E-state index is 0.386. The molecule has 0 spiro atoms. The van der Waals surface area contributed by atoms with Gasteiger partial charge in [0.15, 0.2) is 0 Å². The zero-order chi connectivity index (χ0) is 18.1. The summed E-state index contributed by atoms with van der Waals surface area (Å²) in [5, 5.41) is 2.76. The van der Waals surface area contributed by atoms with Crippen molar-refractivity contribution in [3.63, 3.8) is 0 Å². The summed E-state index contributed by atoms with van der Waals surface area (Å²) in [6, 6.07) is 20.3. The lowest BCUT2D eigenvalue weighted by molar-refractivity contribution is 0.0527. The molecule has 0 radical (unpaired) electrons. The first kappa shape index (κ1) is 18.7. The zero-order valence-electron chi connectivity index (χ0n) is 15.2. The van der Waals surface area contributed by atoms with Crippen molar-refractivity contribution in [3.8, 4) is 0 Å². The molecule has 0 aliphatic carbocycles. The van der Waals surface area contributed by atoms with Gasteiger partial charge in [0, 0.05) is 24.2 Å². The Morgan fingerprint density at radius 3 is 1.96 bits per heavy atom. The molecule has 4 heteroatoms. The molecule has 0 unspecified atom stereocenters. The molecule has 0 saturated carbocycles. The monoisotopic (exact) mass is 339 g/mol. The summed E-state index contributed by atoms with van der Waals surface area (Å²) in [5.74, 6) is 0. The van der Waals surface area contributed by atoms with Gasteiger partial charge in [-0.2, -0.15) is 0 Å². The van der Waals surface area contributed by atoms with Crippen LogP contribution in [0, 0.1) is 0 Å². The van der Waals surface area contributed by atoms with E-state index in [-0.39, 0.29) is 6.09 Å². The van der Waals surface area contributed by atoms with E-state index in [1.807, 2.05) is 57.2 Å². The molecule has 0 saturated heterocycles. The highest BCUT2D eigenvalue weighted by Crippen LogP contribution is 2.11. The molecule has 0 aliphatic heterocycles. The number of aliphatic imine (C=N–C) groups is 1. The third-order valence-electron chi connectivity index (χ3n) is 3.37. The lowest BCUT2D eigenvalue weighted by Crippen LogP contribution is -2.33. The summed E-state index contributed by atoms with van der Waals surface area (Å²) >= 11 is 0. The first-order valence-electron chi connectivity index (χ1n) is 8.58. The highest BCUT2D eigenvalue weighted by atomic mass is 16.6. The van der Waals surface area contributed by atoms with Crippen LogP contribution in [0.4, 0.5) is 4.79 Å². The second kappa shape index (κ2) is 9.02. The number of nitrogens with zero attached hydrogens (tertiary/aromatic N) is 1. The van der Waals surface area contributed by atoms with Crippen molar-refractivity contribution in [1.82, 2.24) is 5.32 Å². The number of nitrogens with one attached hydrogen (secondary N) is 1. The number of hydrogen-bond donors (Lipinski definition) is 1. The van der Waals surface area contributed by atoms with Gasteiger partial charge in [0.25, 0.3) is 0 Å². The Hall–Kier alpha value is -2.62. The molecule has 2 rings (SSSR count). The molecule has 0 aromatic heterocycles. The number of alkyl carbamates (subject to hydrolysis) is 1. The minimum Gasteiger partial charge on any atom is -0.444 e. The highest BCUT2D eigenvalue weighted by Gasteiger charge is 2.15. The lowest BCUT2D eigenvalue weighted by Gasteiger charge is -2.19. The fraction of sp³-hybridized carbons (Fsp3) is 0.333. The van der Waals surface area contributed by atoms with E-state index in [2.05, 4.69) is 29.6 Å². The molecule has 2 aromatic carbocycles. The normalized spacial score (nSPS) is 10.8. The highest BCUT2D eigenvalue weighted by molar-refractivity contribution is 6.12. The van der Waals surface area contributed by atoms with Gasteiger partial charge in [0.05, 0.1) is 5.71 Å². The standard InChI is InChI=1S/C21H26N2O2/c1-21(2,3)25-20(24)23-16-10-15-22-19(17-11-6-4-7-12-17)18-13-8-5-9-14-18/h4-9,11-14H,10,15-16H2,1-3H3,(H,23,24)/i22+1. The van der Waals surface area contributed by atoms with Crippen LogP contribution in [0.25, 0.3) is 0 Å². The summed E-state index contributed by atoms with van der Waals surface area (Å²) in [4.78, 5) is 16.4. The third-order valence-corrected chi connectivity index (χ3v) is 3.37. The van der Waals surface area contributed by atoms with Crippen LogP contribution in [0.15, 0.2) is 65.7 Å². The van der Waals surface area contributed by atoms with Crippen LogP contribution in [0.5, 0.6) is 0 Å². The van der Waals surface area contributed by atoms with Crippen molar-refractivity contribution >= 4 is 11.8 Å². The number of carbonyl (C=O) groups excluding carboxylic acids is 1. The fourth-order valence-electron chi connectivity index (χ4n) is 2.32. The first-order valence-corrected chi connectivity index (χ1v) is 8.58. The zero-order valence-corrected chi connectivity index (χ0v) is 15.2. The summed E-state index contributed by atoms with van der Waals surface area (Å²) < 4.78 is 5.22. The molecule has 1 amide bonds. The van der Waals surface area contributed by atoms with Gasteiger partial charge in [-0.05, 0) is 27.2 Å². The van der Waals surface area contributed by atoms with E-state index in [1.54, 1.807) is 0 Å². The van der Waals surface area contributed by atoms with E-state index >= 15 is 0 Å². The Morgan fingerprint density at radius 2 is 1.48 bits per heavy atom. The number of rotatable bonds is 6. The molecule has 0 aliphatic rings. The molecule has 25 heavy (non-hydrogen) atoms. The van der Waals surface area contributed by atoms with Gasteiger partial charge >= 0.3 is 6.09 Å². The van der Waals surface area contributed by atoms with E-state index in [4.69, 9.17) is 9.73 Å². The molecule has 0 atom stereocenters. The fourth-order valence-corrected chi connectivity index (χ4v) is 2.32. The molecular weight excluding hydrogens is 313 g/mol. The summed E-state index contributed by atoms with van der Waals surface area (Å²) in [6.07, 6.45) is 0.366. The maximum Gasteiger partial charge on any atom is 0.407 e. The van der Waals surface area contributed by atoms with E-state index in [9.17, 15) is 4.79 Å². The maximum absolute atomic E-state index is 11.6. The number of benzene rings is 2. The SMILES string of the molecule is CC(C)(C)OC(=O)NCCC[15N]=C(c1ccccc1)c1ccccc1. The Morgan fingerprint density at radius 1 is 0.960 bits per heavy atom. The number of amides is 1. The van der Waals surface area contributed by atoms with Crippen molar-refractivity contribution in [1.29, 1.82) is 0 Å². The van der Waals surface area contributed by atoms with Gasteiger partial charge in [0.1, 0.15) is 5.60 Å². The predicted molar refractivity (Wildman–Crippen MR) is 102 cm³/mol. The summed E-state index contributed by atoms with van der Waals surface area (Å²) in [6.45, 7) is 6.72. The number of ether oxygens (including phenoxy) is 1. The van der Waals surface area contributed by atoms with Crippen molar-refractivity contribution in [2.75, 3.05) is 13.1 Å². The van der Waals surface area contributed by atoms with Gasteiger partial charge < -0.3 is 10.1 Å². The van der Waals surface area contributed by atoms with Crippen LogP contribution in [0.1, 0.15) is 38.3 Å². The average Bonchev–Trinajstić information content (AvgIpc) is 2.58. The quantitative estimate of drug-likeness (QED) is 0.480. The number of carbonyl (C=O) groups is 1. The molecule has 132 valence electrons. The van der Waals surface area contributed by atoms with Gasteiger partial charge in [0.2, 0.25) is 0 Å². The maximum atomic E-state index is 11.6. The largest absolute Gasteiger partial charge is 0.444 e. The van der Waals surface area contributed by atoms with Crippen molar-refractivity contribution in [2.45, 2.75) is 32.8 Å². The first-order chi connectivity index (χ1) is 12.0. The van der Waals surface area contributed by atoms with E-state index in [1.165, 1.54) is 0 Å².